The maximum Gasteiger partial charge on any atom is 0.191 e. The van der Waals surface area contributed by atoms with Crippen molar-refractivity contribution in [1.29, 1.82) is 0 Å². The third-order valence-corrected chi connectivity index (χ3v) is 1.77. The average molecular weight is 197 g/mol. The number of rotatable bonds is 5. The number of hydrogen-bond donors (Lipinski definition) is 1. The summed E-state index contributed by atoms with van der Waals surface area (Å²) < 4.78 is 15.3. The summed E-state index contributed by atoms with van der Waals surface area (Å²) in [6.45, 7) is 0.344. The molecule has 78 valence electrons. The molecule has 1 rings (SSSR count). The van der Waals surface area contributed by atoms with Gasteiger partial charge in [0.2, 0.25) is 0 Å². The third-order valence-electron chi connectivity index (χ3n) is 1.77. The zero-order chi connectivity index (χ0) is 10.4. The minimum atomic E-state index is -0.351. The molecule has 1 aromatic carbocycles. The van der Waals surface area contributed by atoms with E-state index in [1.807, 2.05) is 12.1 Å². The lowest BCUT2D eigenvalue weighted by molar-refractivity contribution is -0.121. The molecule has 0 amide bonds. The second-order valence-corrected chi connectivity index (χ2v) is 2.78. The van der Waals surface area contributed by atoms with Gasteiger partial charge in [-0.05, 0) is 12.1 Å². The highest BCUT2D eigenvalue weighted by atomic mass is 16.7. The molecule has 0 aromatic heterocycles. The Bertz CT molecular complexity index is 274. The smallest absolute Gasteiger partial charge is 0.191 e. The van der Waals surface area contributed by atoms with E-state index in [0.29, 0.717) is 18.0 Å². The van der Waals surface area contributed by atoms with Gasteiger partial charge in [0.1, 0.15) is 12.4 Å². The molecular weight excluding hydrogens is 182 g/mol. The summed E-state index contributed by atoms with van der Waals surface area (Å²) in [5.74, 6) is 0.712. The number of anilines is 1. The predicted molar refractivity (Wildman–Crippen MR) is 54.2 cm³/mol. The maximum absolute atomic E-state index is 5.59. The highest BCUT2D eigenvalue weighted by Gasteiger charge is 2.05. The second-order valence-electron chi connectivity index (χ2n) is 2.78. The highest BCUT2D eigenvalue weighted by Crippen LogP contribution is 2.14. The van der Waals surface area contributed by atoms with Gasteiger partial charge in [-0.25, -0.2) is 0 Å². The van der Waals surface area contributed by atoms with Crippen molar-refractivity contribution in [3.8, 4) is 5.75 Å². The van der Waals surface area contributed by atoms with Crippen molar-refractivity contribution < 1.29 is 14.2 Å². The summed E-state index contributed by atoms with van der Waals surface area (Å²) in [4.78, 5) is 0. The standard InChI is InChI=1S/C10H15NO3/c1-12-10(13-2)7-14-9-5-3-4-8(11)6-9/h3-6,10H,7,11H2,1-2H3. The Kier molecular flexibility index (Phi) is 4.22. The molecule has 14 heavy (non-hydrogen) atoms. The van der Waals surface area contributed by atoms with E-state index >= 15 is 0 Å². The van der Waals surface area contributed by atoms with Crippen LogP contribution in [0.3, 0.4) is 0 Å². The first-order valence-electron chi connectivity index (χ1n) is 4.30. The van der Waals surface area contributed by atoms with Gasteiger partial charge in [0.05, 0.1) is 0 Å². The van der Waals surface area contributed by atoms with E-state index in [-0.39, 0.29) is 6.29 Å². The number of ether oxygens (including phenoxy) is 3. The lowest BCUT2D eigenvalue weighted by Gasteiger charge is -2.14. The van der Waals surface area contributed by atoms with E-state index < -0.39 is 0 Å². The van der Waals surface area contributed by atoms with Crippen LogP contribution in [-0.2, 0) is 9.47 Å². The van der Waals surface area contributed by atoms with Gasteiger partial charge in [-0.3, -0.25) is 0 Å². The largest absolute Gasteiger partial charge is 0.488 e. The maximum atomic E-state index is 5.59. The topological polar surface area (TPSA) is 53.7 Å². The zero-order valence-corrected chi connectivity index (χ0v) is 8.40. The Labute approximate surface area is 83.6 Å². The molecule has 0 unspecified atom stereocenters. The minimum absolute atomic E-state index is 0.344. The molecule has 0 aliphatic rings. The van der Waals surface area contributed by atoms with Crippen LogP contribution in [0.15, 0.2) is 24.3 Å². The molecule has 0 fully saturated rings. The molecular formula is C10H15NO3. The lowest BCUT2D eigenvalue weighted by Crippen LogP contribution is -2.21. The number of nitrogens with two attached hydrogens (primary N) is 1. The van der Waals surface area contributed by atoms with Crippen LogP contribution in [0.1, 0.15) is 0 Å². The van der Waals surface area contributed by atoms with Crippen LogP contribution in [0.5, 0.6) is 5.75 Å². The molecule has 0 saturated heterocycles. The summed E-state index contributed by atoms with van der Waals surface area (Å²) in [6, 6.07) is 7.22. The van der Waals surface area contributed by atoms with Crippen LogP contribution >= 0.6 is 0 Å². The van der Waals surface area contributed by atoms with Crippen LogP contribution in [-0.4, -0.2) is 27.1 Å². The quantitative estimate of drug-likeness (QED) is 0.570. The summed E-state index contributed by atoms with van der Waals surface area (Å²) in [7, 11) is 3.13. The Balaban J connectivity index is 2.44. The van der Waals surface area contributed by atoms with Crippen LogP contribution < -0.4 is 10.5 Å². The fraction of sp³-hybridized carbons (Fsp3) is 0.400. The SMILES string of the molecule is COC(COc1cccc(N)c1)OC. The van der Waals surface area contributed by atoms with Crippen LogP contribution in [0.2, 0.25) is 0 Å². The van der Waals surface area contributed by atoms with Gasteiger partial charge in [0.25, 0.3) is 0 Å². The molecule has 1 aromatic rings. The number of methoxy groups -OCH3 is 2. The highest BCUT2D eigenvalue weighted by molar-refractivity contribution is 5.43. The van der Waals surface area contributed by atoms with Gasteiger partial charge in [-0.1, -0.05) is 6.07 Å². The van der Waals surface area contributed by atoms with Crippen molar-refractivity contribution >= 4 is 5.69 Å². The molecule has 2 N–H and O–H groups in total. The number of nitrogen functional groups attached to an aromatic ring is 1. The van der Waals surface area contributed by atoms with Gasteiger partial charge in [-0.2, -0.15) is 0 Å². The van der Waals surface area contributed by atoms with Crippen molar-refractivity contribution in [1.82, 2.24) is 0 Å². The summed E-state index contributed by atoms with van der Waals surface area (Å²) in [5, 5.41) is 0. The third kappa shape index (κ3) is 3.24. The van der Waals surface area contributed by atoms with Gasteiger partial charge in [-0.15, -0.1) is 0 Å². The van der Waals surface area contributed by atoms with Gasteiger partial charge >= 0.3 is 0 Å². The van der Waals surface area contributed by atoms with Crippen molar-refractivity contribution in [3.05, 3.63) is 24.3 Å². The van der Waals surface area contributed by atoms with Crippen LogP contribution in [0.4, 0.5) is 5.69 Å². The summed E-state index contributed by atoms with van der Waals surface area (Å²) >= 11 is 0. The molecule has 0 aliphatic heterocycles. The average Bonchev–Trinajstić information content (AvgIpc) is 2.19. The van der Waals surface area contributed by atoms with E-state index in [1.54, 1.807) is 26.4 Å². The lowest BCUT2D eigenvalue weighted by atomic mass is 10.3. The molecule has 0 spiro atoms. The Morgan fingerprint density at radius 3 is 2.57 bits per heavy atom. The van der Waals surface area contributed by atoms with Crippen molar-refractivity contribution in [2.24, 2.45) is 0 Å². The Morgan fingerprint density at radius 2 is 2.00 bits per heavy atom. The normalized spacial score (nSPS) is 10.5. The van der Waals surface area contributed by atoms with E-state index in [1.165, 1.54) is 0 Å². The van der Waals surface area contributed by atoms with E-state index in [2.05, 4.69) is 0 Å². The molecule has 0 aliphatic carbocycles. The molecule has 4 heteroatoms. The molecule has 0 heterocycles. The second kappa shape index (κ2) is 5.47. The Morgan fingerprint density at radius 1 is 1.29 bits per heavy atom. The van der Waals surface area contributed by atoms with E-state index in [4.69, 9.17) is 19.9 Å². The fourth-order valence-corrected chi connectivity index (χ4v) is 1.00. The summed E-state index contributed by atoms with van der Waals surface area (Å²) in [6.07, 6.45) is -0.351. The summed E-state index contributed by atoms with van der Waals surface area (Å²) in [5.41, 5.74) is 6.26. The molecule has 0 bridgehead atoms. The number of hydrogen-bond acceptors (Lipinski definition) is 4. The predicted octanol–water partition coefficient (Wildman–Crippen LogP) is 1.27. The first kappa shape index (κ1) is 10.8. The van der Waals surface area contributed by atoms with Gasteiger partial charge in [0.15, 0.2) is 6.29 Å². The zero-order valence-electron chi connectivity index (χ0n) is 8.40. The molecule has 0 saturated carbocycles. The molecule has 0 radical (unpaired) electrons. The first-order chi connectivity index (χ1) is 6.76. The van der Waals surface area contributed by atoms with Crippen molar-refractivity contribution in [2.75, 3.05) is 26.6 Å². The van der Waals surface area contributed by atoms with Gasteiger partial charge in [0, 0.05) is 26.0 Å². The van der Waals surface area contributed by atoms with Crippen molar-refractivity contribution in [2.45, 2.75) is 6.29 Å². The fourth-order valence-electron chi connectivity index (χ4n) is 1.00. The van der Waals surface area contributed by atoms with E-state index in [9.17, 15) is 0 Å². The van der Waals surface area contributed by atoms with E-state index in [0.717, 1.165) is 0 Å². The van der Waals surface area contributed by atoms with Gasteiger partial charge < -0.3 is 19.9 Å². The van der Waals surface area contributed by atoms with Crippen LogP contribution in [0, 0.1) is 0 Å². The Hall–Kier alpha value is -1.26. The minimum Gasteiger partial charge on any atom is -0.488 e. The monoisotopic (exact) mass is 197 g/mol. The number of benzene rings is 1. The first-order valence-corrected chi connectivity index (χ1v) is 4.30. The molecule has 0 atom stereocenters. The molecule has 4 nitrogen and oxygen atoms in total. The van der Waals surface area contributed by atoms with Crippen molar-refractivity contribution in [3.63, 3.8) is 0 Å². The van der Waals surface area contributed by atoms with Crippen LogP contribution in [0.25, 0.3) is 0 Å².